The van der Waals surface area contributed by atoms with Crippen LogP contribution in [0.3, 0.4) is 0 Å². The lowest BCUT2D eigenvalue weighted by molar-refractivity contribution is -0.156. The molecule has 0 aromatic rings. The van der Waals surface area contributed by atoms with Crippen LogP contribution in [0.5, 0.6) is 0 Å². The first-order valence-electron chi connectivity index (χ1n) is 6.10. The van der Waals surface area contributed by atoms with E-state index in [0.29, 0.717) is 12.5 Å². The quantitative estimate of drug-likeness (QED) is 0.360. The molecule has 0 heterocycles. The molecule has 0 radical (unpaired) electrons. The summed E-state index contributed by atoms with van der Waals surface area (Å²) in [4.78, 5) is 22.3. The normalized spacial score (nSPS) is 11.4. The molecule has 0 amide bonds. The molecule has 4 nitrogen and oxygen atoms in total. The first-order chi connectivity index (χ1) is 8.51. The maximum atomic E-state index is 11.2. The zero-order valence-corrected chi connectivity index (χ0v) is 11.2. The molecule has 102 valence electrons. The Bertz CT molecular complexity index is 307. The fourth-order valence-corrected chi connectivity index (χ4v) is 1.35. The molecule has 18 heavy (non-hydrogen) atoms. The molecule has 0 N–H and O–H groups in total. The number of ether oxygens (including phenoxy) is 2. The van der Waals surface area contributed by atoms with Crippen LogP contribution in [0, 0.1) is 5.92 Å². The maximum absolute atomic E-state index is 11.2. The monoisotopic (exact) mass is 254 g/mol. The Balaban J connectivity index is 3.73. The van der Waals surface area contributed by atoms with Crippen molar-refractivity contribution in [2.75, 3.05) is 13.2 Å². The first kappa shape index (κ1) is 16.4. The zero-order chi connectivity index (χ0) is 14.0. The van der Waals surface area contributed by atoms with E-state index in [4.69, 9.17) is 4.74 Å². The average molecular weight is 254 g/mol. The van der Waals surface area contributed by atoms with Gasteiger partial charge in [0.2, 0.25) is 0 Å². The van der Waals surface area contributed by atoms with Gasteiger partial charge in [0.15, 0.2) is 6.61 Å². The van der Waals surface area contributed by atoms with Gasteiger partial charge in [-0.05, 0) is 25.7 Å². The van der Waals surface area contributed by atoms with Crippen LogP contribution in [-0.4, -0.2) is 25.2 Å². The van der Waals surface area contributed by atoms with Crippen molar-refractivity contribution in [2.24, 2.45) is 5.92 Å². The number of allylic oxidation sites excluding steroid dienone is 1. The summed E-state index contributed by atoms with van der Waals surface area (Å²) in [6.45, 7) is 10.7. The third kappa shape index (κ3) is 7.65. The predicted octanol–water partition coefficient (Wildman–Crippen LogP) is 2.64. The largest absolute Gasteiger partial charge is 0.463 e. The van der Waals surface area contributed by atoms with Gasteiger partial charge in [-0.25, -0.2) is 9.59 Å². The highest BCUT2D eigenvalue weighted by Gasteiger charge is 2.10. The van der Waals surface area contributed by atoms with E-state index in [1.54, 1.807) is 0 Å². The number of esters is 2. The number of hydrogen-bond acceptors (Lipinski definition) is 4. The number of carbonyl (C=O) groups is 2. The van der Waals surface area contributed by atoms with Gasteiger partial charge in [-0.1, -0.05) is 26.0 Å². The molecule has 0 saturated carbocycles. The molecule has 0 aliphatic rings. The van der Waals surface area contributed by atoms with Crippen molar-refractivity contribution in [3.05, 3.63) is 24.8 Å². The summed E-state index contributed by atoms with van der Waals surface area (Å²) < 4.78 is 9.64. The van der Waals surface area contributed by atoms with Crippen LogP contribution in [0.15, 0.2) is 24.8 Å². The Morgan fingerprint density at radius 1 is 1.33 bits per heavy atom. The summed E-state index contributed by atoms with van der Waals surface area (Å²) in [5.74, 6) is -0.628. The molecule has 0 spiro atoms. The fraction of sp³-hybridized carbons (Fsp3) is 0.571. The standard InChI is InChI=1S/C14H22O4/c1-5-7-12(6-2)8-9-17-13(15)10-18-14(16)11(3)4/h5,12H,1,3,6-10H2,2,4H3. The molecule has 4 heteroatoms. The molecule has 0 rings (SSSR count). The lowest BCUT2D eigenvalue weighted by atomic mass is 9.99. The zero-order valence-electron chi connectivity index (χ0n) is 11.2. The number of rotatable bonds is 9. The molecule has 1 atom stereocenters. The third-order valence-electron chi connectivity index (χ3n) is 2.54. The smallest absolute Gasteiger partial charge is 0.344 e. The van der Waals surface area contributed by atoms with Gasteiger partial charge >= 0.3 is 11.9 Å². The number of hydrogen-bond donors (Lipinski definition) is 0. The van der Waals surface area contributed by atoms with Crippen LogP contribution < -0.4 is 0 Å². The molecule has 0 aromatic heterocycles. The second-order valence-corrected chi connectivity index (χ2v) is 4.16. The van der Waals surface area contributed by atoms with E-state index in [9.17, 15) is 9.59 Å². The minimum atomic E-state index is -0.579. The summed E-state index contributed by atoms with van der Waals surface area (Å²) in [7, 11) is 0. The molecule has 0 aromatic carbocycles. The van der Waals surface area contributed by atoms with Crippen molar-refractivity contribution < 1.29 is 19.1 Å². The van der Waals surface area contributed by atoms with Gasteiger partial charge in [-0.15, -0.1) is 6.58 Å². The topological polar surface area (TPSA) is 52.6 Å². The lowest BCUT2D eigenvalue weighted by Crippen LogP contribution is -2.18. The molecule has 0 bridgehead atoms. The van der Waals surface area contributed by atoms with Crippen LogP contribution in [0.1, 0.15) is 33.1 Å². The van der Waals surface area contributed by atoms with Crippen LogP contribution in [-0.2, 0) is 19.1 Å². The molecular weight excluding hydrogens is 232 g/mol. The second kappa shape index (κ2) is 9.45. The van der Waals surface area contributed by atoms with Crippen LogP contribution in [0.4, 0.5) is 0 Å². The number of carbonyl (C=O) groups excluding carboxylic acids is 2. The van der Waals surface area contributed by atoms with Crippen molar-refractivity contribution in [3.8, 4) is 0 Å². The molecule has 1 unspecified atom stereocenters. The Morgan fingerprint density at radius 2 is 2.00 bits per heavy atom. The molecular formula is C14H22O4. The van der Waals surface area contributed by atoms with Gasteiger partial charge in [0.05, 0.1) is 6.61 Å². The Labute approximate surface area is 109 Å². The van der Waals surface area contributed by atoms with E-state index in [2.05, 4.69) is 24.8 Å². The van der Waals surface area contributed by atoms with Crippen LogP contribution in [0.2, 0.25) is 0 Å². The Morgan fingerprint density at radius 3 is 2.50 bits per heavy atom. The van der Waals surface area contributed by atoms with E-state index in [0.717, 1.165) is 19.3 Å². The molecule has 0 aliphatic carbocycles. The van der Waals surface area contributed by atoms with E-state index >= 15 is 0 Å². The SMILES string of the molecule is C=CCC(CC)CCOC(=O)COC(=O)C(=C)C. The maximum Gasteiger partial charge on any atom is 0.344 e. The minimum Gasteiger partial charge on any atom is -0.463 e. The summed E-state index contributed by atoms with van der Waals surface area (Å²) in [6, 6.07) is 0. The highest BCUT2D eigenvalue weighted by molar-refractivity contribution is 5.88. The minimum absolute atomic E-state index is 0.264. The summed E-state index contributed by atoms with van der Waals surface area (Å²) >= 11 is 0. The van der Waals surface area contributed by atoms with Crippen molar-refractivity contribution in [3.63, 3.8) is 0 Å². The fourth-order valence-electron chi connectivity index (χ4n) is 1.35. The molecule has 0 fully saturated rings. The third-order valence-corrected chi connectivity index (χ3v) is 2.54. The molecule has 0 saturated heterocycles. The van der Waals surface area contributed by atoms with Gasteiger partial charge in [0, 0.05) is 5.57 Å². The first-order valence-corrected chi connectivity index (χ1v) is 6.10. The second-order valence-electron chi connectivity index (χ2n) is 4.16. The van der Waals surface area contributed by atoms with Gasteiger partial charge in [-0.2, -0.15) is 0 Å². The van der Waals surface area contributed by atoms with E-state index in [1.807, 2.05) is 6.08 Å². The van der Waals surface area contributed by atoms with Gasteiger partial charge < -0.3 is 9.47 Å². The van der Waals surface area contributed by atoms with E-state index in [-0.39, 0.29) is 12.2 Å². The van der Waals surface area contributed by atoms with Crippen molar-refractivity contribution in [1.29, 1.82) is 0 Å². The highest BCUT2D eigenvalue weighted by Crippen LogP contribution is 2.13. The average Bonchev–Trinajstić information content (AvgIpc) is 2.34. The van der Waals surface area contributed by atoms with Gasteiger partial charge in [-0.3, -0.25) is 0 Å². The van der Waals surface area contributed by atoms with Crippen LogP contribution in [0.25, 0.3) is 0 Å². The summed E-state index contributed by atoms with van der Waals surface area (Å²) in [5.41, 5.74) is 0.264. The van der Waals surface area contributed by atoms with Crippen molar-refractivity contribution in [2.45, 2.75) is 33.1 Å². The summed E-state index contributed by atoms with van der Waals surface area (Å²) in [5, 5.41) is 0. The van der Waals surface area contributed by atoms with Gasteiger partial charge in [0.25, 0.3) is 0 Å². The van der Waals surface area contributed by atoms with E-state index < -0.39 is 11.9 Å². The molecule has 0 aliphatic heterocycles. The predicted molar refractivity (Wildman–Crippen MR) is 69.9 cm³/mol. The highest BCUT2D eigenvalue weighted by atomic mass is 16.6. The van der Waals surface area contributed by atoms with Crippen molar-refractivity contribution in [1.82, 2.24) is 0 Å². The van der Waals surface area contributed by atoms with Crippen LogP contribution >= 0.6 is 0 Å². The Hall–Kier alpha value is -1.58. The van der Waals surface area contributed by atoms with Gasteiger partial charge in [0.1, 0.15) is 0 Å². The lowest BCUT2D eigenvalue weighted by Gasteiger charge is -2.12. The van der Waals surface area contributed by atoms with E-state index in [1.165, 1.54) is 6.92 Å². The summed E-state index contributed by atoms with van der Waals surface area (Å²) in [6.07, 6.45) is 4.60. The Kier molecular flexibility index (Phi) is 8.62. The van der Waals surface area contributed by atoms with Crippen molar-refractivity contribution >= 4 is 11.9 Å².